The van der Waals surface area contributed by atoms with E-state index in [4.69, 9.17) is 4.42 Å². The molecular formula is C22H25FN2O2. The Morgan fingerprint density at radius 3 is 2.52 bits per heavy atom. The van der Waals surface area contributed by atoms with Gasteiger partial charge in [0.25, 0.3) is 5.91 Å². The molecule has 0 radical (unpaired) electrons. The Morgan fingerprint density at radius 2 is 1.85 bits per heavy atom. The van der Waals surface area contributed by atoms with E-state index in [9.17, 15) is 9.18 Å². The number of carbonyl (C=O) groups is 1. The number of hydrogen-bond donors (Lipinski definition) is 1. The van der Waals surface area contributed by atoms with Crippen LogP contribution in [0.5, 0.6) is 0 Å². The molecule has 3 aromatic rings. The fourth-order valence-corrected chi connectivity index (χ4v) is 3.18. The molecule has 5 heteroatoms. The topological polar surface area (TPSA) is 45.5 Å². The van der Waals surface area contributed by atoms with Crippen molar-refractivity contribution >= 4 is 16.9 Å². The van der Waals surface area contributed by atoms with Crippen molar-refractivity contribution < 1.29 is 13.6 Å². The van der Waals surface area contributed by atoms with Gasteiger partial charge in [-0.05, 0) is 70.2 Å². The molecule has 3 rings (SSSR count). The minimum Gasteiger partial charge on any atom is -0.451 e. The first kappa shape index (κ1) is 19.1. The van der Waals surface area contributed by atoms with Crippen LogP contribution in [0.4, 0.5) is 4.39 Å². The van der Waals surface area contributed by atoms with Crippen LogP contribution in [0.1, 0.15) is 39.7 Å². The minimum atomic E-state index is -0.292. The van der Waals surface area contributed by atoms with Gasteiger partial charge in [0, 0.05) is 10.9 Å². The average Bonchev–Trinajstić information content (AvgIpc) is 2.95. The maximum atomic E-state index is 13.3. The monoisotopic (exact) mass is 368 g/mol. The fraction of sp³-hybridized carbons (Fsp3) is 0.318. The minimum absolute atomic E-state index is 0.227. The standard InChI is InChI=1S/C22H25FN2O2/c1-14-5-10-18-15(2)21(27-20(18)13-14)22(26)24-19(11-12-25(3)4)16-6-8-17(23)9-7-16/h5-10,13,19H,11-12H2,1-4H3,(H,24,26). The van der Waals surface area contributed by atoms with Crippen molar-refractivity contribution in [2.24, 2.45) is 0 Å². The first-order valence-corrected chi connectivity index (χ1v) is 9.06. The quantitative estimate of drug-likeness (QED) is 0.691. The van der Waals surface area contributed by atoms with Gasteiger partial charge in [-0.15, -0.1) is 0 Å². The van der Waals surface area contributed by atoms with Gasteiger partial charge in [0.05, 0.1) is 6.04 Å². The molecular weight excluding hydrogens is 343 g/mol. The zero-order valence-corrected chi connectivity index (χ0v) is 16.2. The lowest BCUT2D eigenvalue weighted by Crippen LogP contribution is -2.31. The van der Waals surface area contributed by atoms with Gasteiger partial charge in [0.15, 0.2) is 5.76 Å². The van der Waals surface area contributed by atoms with Crippen LogP contribution in [0.25, 0.3) is 11.0 Å². The Labute approximate surface area is 159 Å². The summed E-state index contributed by atoms with van der Waals surface area (Å²) in [5, 5.41) is 4.00. The predicted octanol–water partition coefficient (Wildman–Crippen LogP) is 4.61. The molecule has 0 saturated heterocycles. The van der Waals surface area contributed by atoms with Crippen molar-refractivity contribution in [3.05, 3.63) is 70.7 Å². The molecule has 27 heavy (non-hydrogen) atoms. The lowest BCUT2D eigenvalue weighted by molar-refractivity contribution is 0.0906. The molecule has 1 heterocycles. The Hall–Kier alpha value is -2.66. The third-order valence-electron chi connectivity index (χ3n) is 4.74. The number of halogens is 1. The van der Waals surface area contributed by atoms with E-state index in [-0.39, 0.29) is 17.8 Å². The predicted molar refractivity (Wildman–Crippen MR) is 105 cm³/mol. The van der Waals surface area contributed by atoms with E-state index >= 15 is 0 Å². The van der Waals surface area contributed by atoms with Crippen LogP contribution in [0.3, 0.4) is 0 Å². The Morgan fingerprint density at radius 1 is 1.15 bits per heavy atom. The highest BCUT2D eigenvalue weighted by Crippen LogP contribution is 2.27. The molecule has 142 valence electrons. The van der Waals surface area contributed by atoms with Crippen LogP contribution in [0.15, 0.2) is 46.9 Å². The third-order valence-corrected chi connectivity index (χ3v) is 4.74. The van der Waals surface area contributed by atoms with Crippen molar-refractivity contribution in [2.75, 3.05) is 20.6 Å². The van der Waals surface area contributed by atoms with E-state index in [0.717, 1.165) is 28.6 Å². The smallest absolute Gasteiger partial charge is 0.287 e. The molecule has 0 aliphatic rings. The lowest BCUT2D eigenvalue weighted by Gasteiger charge is -2.21. The normalized spacial score (nSPS) is 12.5. The van der Waals surface area contributed by atoms with Crippen LogP contribution in [-0.2, 0) is 0 Å². The number of nitrogens with zero attached hydrogens (tertiary/aromatic N) is 1. The summed E-state index contributed by atoms with van der Waals surface area (Å²) in [6, 6.07) is 11.9. The van der Waals surface area contributed by atoms with Crippen LogP contribution in [-0.4, -0.2) is 31.4 Å². The van der Waals surface area contributed by atoms with E-state index in [0.29, 0.717) is 17.8 Å². The molecule has 1 atom stereocenters. The summed E-state index contributed by atoms with van der Waals surface area (Å²) in [6.07, 6.45) is 0.711. The number of hydrogen-bond acceptors (Lipinski definition) is 3. The van der Waals surface area contributed by atoms with E-state index in [1.807, 2.05) is 46.1 Å². The number of fused-ring (bicyclic) bond motifs is 1. The molecule has 1 unspecified atom stereocenters. The summed E-state index contributed by atoms with van der Waals surface area (Å²) >= 11 is 0. The molecule has 0 aliphatic carbocycles. The molecule has 1 aromatic heterocycles. The Bertz CT molecular complexity index is 945. The largest absolute Gasteiger partial charge is 0.451 e. The second kappa shape index (κ2) is 7.92. The highest BCUT2D eigenvalue weighted by Gasteiger charge is 2.22. The molecule has 0 bridgehead atoms. The number of rotatable bonds is 6. The number of amides is 1. The Balaban J connectivity index is 1.87. The summed E-state index contributed by atoms with van der Waals surface area (Å²) in [4.78, 5) is 15.0. The van der Waals surface area contributed by atoms with Gasteiger partial charge < -0.3 is 14.6 Å². The summed E-state index contributed by atoms with van der Waals surface area (Å²) in [5.74, 6) is -0.220. The second-order valence-corrected chi connectivity index (χ2v) is 7.23. The van der Waals surface area contributed by atoms with E-state index in [1.54, 1.807) is 12.1 Å². The zero-order valence-electron chi connectivity index (χ0n) is 16.2. The van der Waals surface area contributed by atoms with Crippen molar-refractivity contribution in [2.45, 2.75) is 26.3 Å². The van der Waals surface area contributed by atoms with E-state index in [1.165, 1.54) is 12.1 Å². The molecule has 0 aliphatic heterocycles. The number of nitrogens with one attached hydrogen (secondary N) is 1. The van der Waals surface area contributed by atoms with Gasteiger partial charge in [-0.2, -0.15) is 0 Å². The molecule has 1 N–H and O–H groups in total. The van der Waals surface area contributed by atoms with Gasteiger partial charge in [0.2, 0.25) is 0 Å². The summed E-state index contributed by atoms with van der Waals surface area (Å²) in [6.45, 7) is 4.67. The average molecular weight is 368 g/mol. The lowest BCUT2D eigenvalue weighted by atomic mass is 10.0. The summed E-state index contributed by atoms with van der Waals surface area (Å²) < 4.78 is 19.1. The molecule has 1 amide bonds. The second-order valence-electron chi connectivity index (χ2n) is 7.23. The van der Waals surface area contributed by atoms with Crippen molar-refractivity contribution in [3.8, 4) is 0 Å². The molecule has 0 saturated carbocycles. The number of furan rings is 1. The van der Waals surface area contributed by atoms with Crippen LogP contribution >= 0.6 is 0 Å². The molecule has 0 spiro atoms. The highest BCUT2D eigenvalue weighted by atomic mass is 19.1. The molecule has 4 nitrogen and oxygen atoms in total. The van der Waals surface area contributed by atoms with Gasteiger partial charge in [-0.1, -0.05) is 24.3 Å². The fourth-order valence-electron chi connectivity index (χ4n) is 3.18. The highest BCUT2D eigenvalue weighted by molar-refractivity contribution is 5.99. The SMILES string of the molecule is Cc1ccc2c(C)c(C(=O)NC(CCN(C)C)c3ccc(F)cc3)oc2c1. The van der Waals surface area contributed by atoms with Gasteiger partial charge >= 0.3 is 0 Å². The number of benzene rings is 2. The van der Waals surface area contributed by atoms with Crippen LogP contribution < -0.4 is 5.32 Å². The maximum Gasteiger partial charge on any atom is 0.287 e. The first-order valence-electron chi connectivity index (χ1n) is 9.06. The van der Waals surface area contributed by atoms with E-state index < -0.39 is 0 Å². The summed E-state index contributed by atoms with van der Waals surface area (Å²) in [7, 11) is 3.96. The van der Waals surface area contributed by atoms with Gasteiger partial charge in [-0.25, -0.2) is 4.39 Å². The first-order chi connectivity index (χ1) is 12.8. The van der Waals surface area contributed by atoms with Crippen molar-refractivity contribution in [1.82, 2.24) is 10.2 Å². The Kier molecular flexibility index (Phi) is 5.61. The van der Waals surface area contributed by atoms with Crippen molar-refractivity contribution in [3.63, 3.8) is 0 Å². The third kappa shape index (κ3) is 4.37. The zero-order chi connectivity index (χ0) is 19.6. The van der Waals surface area contributed by atoms with Crippen LogP contribution in [0, 0.1) is 19.7 Å². The number of carbonyl (C=O) groups excluding carboxylic acids is 1. The maximum absolute atomic E-state index is 13.3. The number of aryl methyl sites for hydroxylation is 2. The van der Waals surface area contributed by atoms with Crippen molar-refractivity contribution in [1.29, 1.82) is 0 Å². The molecule has 0 fully saturated rings. The van der Waals surface area contributed by atoms with Gasteiger partial charge in [0.1, 0.15) is 11.4 Å². The van der Waals surface area contributed by atoms with E-state index in [2.05, 4.69) is 10.2 Å². The van der Waals surface area contributed by atoms with Crippen LogP contribution in [0.2, 0.25) is 0 Å². The van der Waals surface area contributed by atoms with Gasteiger partial charge in [-0.3, -0.25) is 4.79 Å². The summed E-state index contributed by atoms with van der Waals surface area (Å²) in [5.41, 5.74) is 3.49. The molecule has 2 aromatic carbocycles.